The minimum Gasteiger partial charge on any atom is -0.508 e. The standard InChI is InChI=1S/C16H19NO2/c1-2-11-19-16-6-4-3-5-15(16)17-12-13-7-9-14(18)10-8-13/h3-10,17-18H,2,11-12H2,1H3. The maximum absolute atomic E-state index is 9.24. The first-order valence-electron chi connectivity index (χ1n) is 6.53. The van der Waals surface area contributed by atoms with Gasteiger partial charge in [-0.25, -0.2) is 0 Å². The molecule has 0 aliphatic rings. The van der Waals surface area contributed by atoms with E-state index in [1.54, 1.807) is 12.1 Å². The van der Waals surface area contributed by atoms with Crippen LogP contribution in [-0.4, -0.2) is 11.7 Å². The third-order valence-electron chi connectivity index (χ3n) is 2.77. The fourth-order valence-corrected chi connectivity index (χ4v) is 1.76. The van der Waals surface area contributed by atoms with Gasteiger partial charge in [-0.15, -0.1) is 0 Å². The molecule has 0 aliphatic carbocycles. The highest BCUT2D eigenvalue weighted by Gasteiger charge is 2.02. The summed E-state index contributed by atoms with van der Waals surface area (Å²) in [6.07, 6.45) is 0.992. The molecule has 2 rings (SSSR count). The predicted octanol–water partition coefficient (Wildman–Crippen LogP) is 3.79. The fourth-order valence-electron chi connectivity index (χ4n) is 1.76. The van der Waals surface area contributed by atoms with E-state index in [0.29, 0.717) is 6.54 Å². The lowest BCUT2D eigenvalue weighted by Crippen LogP contribution is -2.03. The summed E-state index contributed by atoms with van der Waals surface area (Å²) >= 11 is 0. The first-order valence-corrected chi connectivity index (χ1v) is 6.53. The molecular weight excluding hydrogens is 238 g/mol. The first-order chi connectivity index (χ1) is 9.29. The summed E-state index contributed by atoms with van der Waals surface area (Å²) in [4.78, 5) is 0. The molecular formula is C16H19NO2. The van der Waals surface area contributed by atoms with Gasteiger partial charge in [-0.1, -0.05) is 31.2 Å². The molecule has 0 fully saturated rings. The van der Waals surface area contributed by atoms with Gasteiger partial charge in [0.2, 0.25) is 0 Å². The summed E-state index contributed by atoms with van der Waals surface area (Å²) < 4.78 is 5.69. The Morgan fingerprint density at radius 1 is 1.05 bits per heavy atom. The molecule has 0 aliphatic heterocycles. The zero-order valence-corrected chi connectivity index (χ0v) is 11.1. The fraction of sp³-hybridized carbons (Fsp3) is 0.250. The Morgan fingerprint density at radius 2 is 1.79 bits per heavy atom. The van der Waals surface area contributed by atoms with Crippen LogP contribution in [0.4, 0.5) is 5.69 Å². The topological polar surface area (TPSA) is 41.5 Å². The summed E-state index contributed by atoms with van der Waals surface area (Å²) in [5.41, 5.74) is 2.10. The number of aromatic hydroxyl groups is 1. The summed E-state index contributed by atoms with van der Waals surface area (Å²) in [6, 6.07) is 15.1. The van der Waals surface area contributed by atoms with Crippen molar-refractivity contribution in [1.82, 2.24) is 0 Å². The van der Waals surface area contributed by atoms with E-state index < -0.39 is 0 Å². The van der Waals surface area contributed by atoms with E-state index in [0.717, 1.165) is 30.0 Å². The average Bonchev–Trinajstić information content (AvgIpc) is 2.45. The molecule has 3 heteroatoms. The van der Waals surface area contributed by atoms with Crippen LogP contribution in [0.3, 0.4) is 0 Å². The SMILES string of the molecule is CCCOc1ccccc1NCc1ccc(O)cc1. The van der Waals surface area contributed by atoms with Crippen molar-refractivity contribution in [3.05, 3.63) is 54.1 Å². The molecule has 0 aromatic heterocycles. The molecule has 2 aromatic rings. The van der Waals surface area contributed by atoms with Crippen LogP contribution in [0.25, 0.3) is 0 Å². The average molecular weight is 257 g/mol. The number of ether oxygens (including phenoxy) is 1. The van der Waals surface area contributed by atoms with Crippen LogP contribution in [0.15, 0.2) is 48.5 Å². The van der Waals surface area contributed by atoms with E-state index in [1.165, 1.54) is 0 Å². The Kier molecular flexibility index (Phi) is 4.67. The van der Waals surface area contributed by atoms with Crippen LogP contribution in [0.5, 0.6) is 11.5 Å². The van der Waals surface area contributed by atoms with Gasteiger partial charge in [0.25, 0.3) is 0 Å². The largest absolute Gasteiger partial charge is 0.508 e. The second kappa shape index (κ2) is 6.69. The molecule has 0 unspecified atom stereocenters. The Balaban J connectivity index is 2.00. The molecule has 0 heterocycles. The van der Waals surface area contributed by atoms with Crippen molar-refractivity contribution in [3.8, 4) is 11.5 Å². The van der Waals surface area contributed by atoms with Gasteiger partial charge in [0.05, 0.1) is 12.3 Å². The molecule has 2 aromatic carbocycles. The number of rotatable bonds is 6. The van der Waals surface area contributed by atoms with Crippen LogP contribution in [0, 0.1) is 0 Å². The summed E-state index contributed by atoms with van der Waals surface area (Å²) in [7, 11) is 0. The Bertz CT molecular complexity index is 508. The maximum Gasteiger partial charge on any atom is 0.142 e. The highest BCUT2D eigenvalue weighted by molar-refractivity contribution is 5.56. The van der Waals surface area contributed by atoms with Crippen LogP contribution in [-0.2, 0) is 6.54 Å². The van der Waals surface area contributed by atoms with Crippen LogP contribution in [0.2, 0.25) is 0 Å². The molecule has 0 saturated heterocycles. The molecule has 2 N–H and O–H groups in total. The summed E-state index contributed by atoms with van der Waals surface area (Å²) in [5.74, 6) is 1.17. The van der Waals surface area contributed by atoms with Gasteiger partial charge in [-0.2, -0.15) is 0 Å². The van der Waals surface area contributed by atoms with E-state index in [2.05, 4.69) is 12.2 Å². The zero-order chi connectivity index (χ0) is 13.5. The van der Waals surface area contributed by atoms with Crippen molar-refractivity contribution < 1.29 is 9.84 Å². The molecule has 0 amide bonds. The van der Waals surface area contributed by atoms with Crippen molar-refractivity contribution >= 4 is 5.69 Å². The van der Waals surface area contributed by atoms with E-state index in [9.17, 15) is 5.11 Å². The minimum atomic E-state index is 0.287. The van der Waals surface area contributed by atoms with Gasteiger partial charge in [-0.05, 0) is 36.2 Å². The molecule has 0 spiro atoms. The second-order valence-electron chi connectivity index (χ2n) is 4.36. The van der Waals surface area contributed by atoms with Crippen LogP contribution < -0.4 is 10.1 Å². The lowest BCUT2D eigenvalue weighted by molar-refractivity contribution is 0.319. The van der Waals surface area contributed by atoms with Gasteiger partial charge < -0.3 is 15.2 Å². The molecule has 0 atom stereocenters. The number of hydrogen-bond donors (Lipinski definition) is 2. The minimum absolute atomic E-state index is 0.287. The summed E-state index contributed by atoms with van der Waals surface area (Å²) in [5, 5.41) is 12.6. The molecule has 100 valence electrons. The second-order valence-corrected chi connectivity index (χ2v) is 4.36. The van der Waals surface area contributed by atoms with Gasteiger partial charge in [0.15, 0.2) is 0 Å². The van der Waals surface area contributed by atoms with Crippen LogP contribution >= 0.6 is 0 Å². The lowest BCUT2D eigenvalue weighted by atomic mass is 10.2. The van der Waals surface area contributed by atoms with Crippen LogP contribution in [0.1, 0.15) is 18.9 Å². The van der Waals surface area contributed by atoms with E-state index in [4.69, 9.17) is 4.74 Å². The zero-order valence-electron chi connectivity index (χ0n) is 11.1. The van der Waals surface area contributed by atoms with E-state index >= 15 is 0 Å². The molecule has 19 heavy (non-hydrogen) atoms. The van der Waals surface area contributed by atoms with Gasteiger partial charge in [0.1, 0.15) is 11.5 Å². The Labute approximate surface area is 113 Å². The van der Waals surface area contributed by atoms with Gasteiger partial charge >= 0.3 is 0 Å². The van der Waals surface area contributed by atoms with E-state index in [-0.39, 0.29) is 5.75 Å². The molecule has 3 nitrogen and oxygen atoms in total. The number of phenols is 1. The highest BCUT2D eigenvalue weighted by atomic mass is 16.5. The lowest BCUT2D eigenvalue weighted by Gasteiger charge is -2.12. The quantitative estimate of drug-likeness (QED) is 0.827. The number of anilines is 1. The smallest absolute Gasteiger partial charge is 0.142 e. The Hall–Kier alpha value is -2.16. The predicted molar refractivity (Wildman–Crippen MR) is 77.7 cm³/mol. The molecule has 0 radical (unpaired) electrons. The van der Waals surface area contributed by atoms with Crippen molar-refractivity contribution in [2.45, 2.75) is 19.9 Å². The normalized spacial score (nSPS) is 10.2. The molecule has 0 saturated carbocycles. The van der Waals surface area contributed by atoms with Crippen molar-refractivity contribution in [2.75, 3.05) is 11.9 Å². The molecule has 0 bridgehead atoms. The Morgan fingerprint density at radius 3 is 2.53 bits per heavy atom. The first kappa shape index (κ1) is 13.3. The van der Waals surface area contributed by atoms with Crippen molar-refractivity contribution in [2.24, 2.45) is 0 Å². The number of para-hydroxylation sites is 2. The summed E-state index contributed by atoms with van der Waals surface area (Å²) in [6.45, 7) is 3.51. The monoisotopic (exact) mass is 257 g/mol. The third-order valence-corrected chi connectivity index (χ3v) is 2.77. The highest BCUT2D eigenvalue weighted by Crippen LogP contribution is 2.24. The van der Waals surface area contributed by atoms with E-state index in [1.807, 2.05) is 36.4 Å². The third kappa shape index (κ3) is 3.91. The van der Waals surface area contributed by atoms with Gasteiger partial charge in [-0.3, -0.25) is 0 Å². The number of hydrogen-bond acceptors (Lipinski definition) is 3. The van der Waals surface area contributed by atoms with Crippen molar-refractivity contribution in [1.29, 1.82) is 0 Å². The maximum atomic E-state index is 9.24. The number of benzene rings is 2. The van der Waals surface area contributed by atoms with Gasteiger partial charge in [0, 0.05) is 6.54 Å². The number of phenolic OH excluding ortho intramolecular Hbond substituents is 1. The van der Waals surface area contributed by atoms with Crippen molar-refractivity contribution in [3.63, 3.8) is 0 Å². The number of nitrogens with one attached hydrogen (secondary N) is 1.